The molecule has 3 aromatic rings. The number of halogens is 4. The fourth-order valence-electron chi connectivity index (χ4n) is 2.18. The summed E-state index contributed by atoms with van der Waals surface area (Å²) in [5, 5.41) is 6.44. The number of nitrogens with zero attached hydrogens (tertiary/aromatic N) is 3. The van der Waals surface area contributed by atoms with Crippen molar-refractivity contribution in [2.45, 2.75) is 6.18 Å². The van der Waals surface area contributed by atoms with Crippen LogP contribution in [0.15, 0.2) is 55.1 Å². The van der Waals surface area contributed by atoms with Gasteiger partial charge in [0.05, 0.1) is 22.5 Å². The third-order valence-electron chi connectivity index (χ3n) is 3.36. The molecule has 0 spiro atoms. The quantitative estimate of drug-likeness (QED) is 0.601. The van der Waals surface area contributed by atoms with Crippen LogP contribution in [0.2, 0.25) is 0 Å². The van der Waals surface area contributed by atoms with Crippen LogP contribution >= 0.6 is 22.6 Å². The zero-order valence-electron chi connectivity index (χ0n) is 12.5. The van der Waals surface area contributed by atoms with Crippen LogP contribution in [0.1, 0.15) is 15.9 Å². The largest absolute Gasteiger partial charge is 0.416 e. The Hall–Kier alpha value is -2.43. The van der Waals surface area contributed by atoms with E-state index in [1.807, 2.05) is 22.6 Å². The molecule has 0 aliphatic heterocycles. The molecule has 1 N–H and O–H groups in total. The molecule has 1 heterocycles. The Morgan fingerprint density at radius 2 is 1.92 bits per heavy atom. The van der Waals surface area contributed by atoms with Gasteiger partial charge in [-0.05, 0) is 52.9 Å². The second-order valence-corrected chi connectivity index (χ2v) is 6.17. The minimum atomic E-state index is -4.53. The molecule has 0 fully saturated rings. The van der Waals surface area contributed by atoms with E-state index in [-0.39, 0.29) is 11.4 Å². The van der Waals surface area contributed by atoms with Gasteiger partial charge in [-0.3, -0.25) is 4.79 Å². The fourth-order valence-corrected chi connectivity index (χ4v) is 2.81. The van der Waals surface area contributed by atoms with E-state index in [9.17, 15) is 18.0 Å². The molecule has 3 rings (SSSR count). The van der Waals surface area contributed by atoms with Crippen molar-refractivity contribution >= 4 is 34.2 Å². The van der Waals surface area contributed by atoms with Crippen LogP contribution in [0.4, 0.5) is 18.9 Å². The summed E-state index contributed by atoms with van der Waals surface area (Å²) < 4.78 is 41.0. The van der Waals surface area contributed by atoms with Crippen molar-refractivity contribution in [3.05, 3.63) is 69.8 Å². The van der Waals surface area contributed by atoms with Crippen molar-refractivity contribution in [1.82, 2.24) is 14.8 Å². The van der Waals surface area contributed by atoms with E-state index in [1.165, 1.54) is 23.4 Å². The van der Waals surface area contributed by atoms with Gasteiger partial charge < -0.3 is 5.32 Å². The Morgan fingerprint density at radius 1 is 1.16 bits per heavy atom. The minimum Gasteiger partial charge on any atom is -0.320 e. The first kappa shape index (κ1) is 17.4. The molecule has 9 heteroatoms. The van der Waals surface area contributed by atoms with E-state index < -0.39 is 17.6 Å². The highest BCUT2D eigenvalue weighted by Gasteiger charge is 2.31. The molecule has 0 saturated heterocycles. The van der Waals surface area contributed by atoms with Crippen LogP contribution in [0.3, 0.4) is 0 Å². The molecular formula is C16H10F3IN4O. The smallest absolute Gasteiger partial charge is 0.320 e. The van der Waals surface area contributed by atoms with Crippen LogP contribution < -0.4 is 5.32 Å². The second-order valence-electron chi connectivity index (χ2n) is 5.00. The van der Waals surface area contributed by atoms with Crippen molar-refractivity contribution < 1.29 is 18.0 Å². The van der Waals surface area contributed by atoms with E-state index in [1.54, 1.807) is 24.3 Å². The number of carbonyl (C=O) groups is 1. The fraction of sp³-hybridized carbons (Fsp3) is 0.0625. The molecule has 1 amide bonds. The summed E-state index contributed by atoms with van der Waals surface area (Å²) in [5.74, 6) is -0.509. The van der Waals surface area contributed by atoms with Gasteiger partial charge in [0.15, 0.2) is 0 Å². The highest BCUT2D eigenvalue weighted by molar-refractivity contribution is 14.1. The molecule has 0 aliphatic rings. The van der Waals surface area contributed by atoms with Crippen LogP contribution in [0, 0.1) is 3.57 Å². The van der Waals surface area contributed by atoms with Gasteiger partial charge in [-0.2, -0.15) is 18.3 Å². The Labute approximate surface area is 154 Å². The number of alkyl halides is 3. The van der Waals surface area contributed by atoms with Gasteiger partial charge in [-0.15, -0.1) is 0 Å². The van der Waals surface area contributed by atoms with E-state index in [2.05, 4.69) is 15.4 Å². The Morgan fingerprint density at radius 3 is 2.56 bits per heavy atom. The lowest BCUT2D eigenvalue weighted by Crippen LogP contribution is -2.16. The zero-order valence-corrected chi connectivity index (χ0v) is 14.6. The number of hydrogen-bond donors (Lipinski definition) is 1. The molecule has 0 unspecified atom stereocenters. The lowest BCUT2D eigenvalue weighted by molar-refractivity contribution is -0.137. The summed E-state index contributed by atoms with van der Waals surface area (Å²) in [7, 11) is 0. The summed E-state index contributed by atoms with van der Waals surface area (Å²) in [5.41, 5.74) is -0.228. The number of amides is 1. The van der Waals surface area contributed by atoms with Crippen molar-refractivity contribution in [2.24, 2.45) is 0 Å². The first-order chi connectivity index (χ1) is 11.9. The third-order valence-corrected chi connectivity index (χ3v) is 4.30. The predicted molar refractivity (Wildman–Crippen MR) is 93.5 cm³/mol. The second kappa shape index (κ2) is 6.82. The molecule has 1 aromatic heterocycles. The van der Waals surface area contributed by atoms with E-state index in [4.69, 9.17) is 0 Å². The van der Waals surface area contributed by atoms with E-state index >= 15 is 0 Å². The van der Waals surface area contributed by atoms with Gasteiger partial charge in [0.1, 0.15) is 12.7 Å². The molecule has 0 atom stereocenters. The first-order valence-electron chi connectivity index (χ1n) is 6.98. The monoisotopic (exact) mass is 458 g/mol. The van der Waals surface area contributed by atoms with Crippen LogP contribution in [0.5, 0.6) is 0 Å². The Kier molecular flexibility index (Phi) is 4.75. The number of nitrogens with one attached hydrogen (secondary N) is 1. The summed E-state index contributed by atoms with van der Waals surface area (Å²) in [6, 6.07) is 9.83. The SMILES string of the molecule is O=C(Nc1cc(C(F)(F)F)ccc1-n1cncn1)c1ccccc1I. The van der Waals surface area contributed by atoms with Gasteiger partial charge in [0, 0.05) is 3.57 Å². The van der Waals surface area contributed by atoms with Crippen molar-refractivity contribution in [2.75, 3.05) is 5.32 Å². The Balaban J connectivity index is 2.03. The third kappa shape index (κ3) is 3.81. The number of rotatable bonds is 3. The van der Waals surface area contributed by atoms with Crippen LogP contribution in [-0.4, -0.2) is 20.7 Å². The number of anilines is 1. The summed E-state index contributed by atoms with van der Waals surface area (Å²) in [6.45, 7) is 0. The standard InChI is InChI=1S/C16H10F3IN4O/c17-16(18,19)10-5-6-14(24-9-21-8-22-24)13(7-10)23-15(25)11-3-1-2-4-12(11)20/h1-9H,(H,23,25). The van der Waals surface area contributed by atoms with Gasteiger partial charge in [-0.1, -0.05) is 12.1 Å². The molecule has 0 radical (unpaired) electrons. The number of carbonyl (C=O) groups excluding carboxylic acids is 1. The average Bonchev–Trinajstić information content (AvgIpc) is 3.08. The van der Waals surface area contributed by atoms with Gasteiger partial charge >= 0.3 is 6.18 Å². The molecule has 0 bridgehead atoms. The van der Waals surface area contributed by atoms with Gasteiger partial charge in [-0.25, -0.2) is 9.67 Å². The highest BCUT2D eigenvalue weighted by Crippen LogP contribution is 2.33. The van der Waals surface area contributed by atoms with Crippen LogP contribution in [-0.2, 0) is 6.18 Å². The van der Waals surface area contributed by atoms with Gasteiger partial charge in [0.2, 0.25) is 0 Å². The molecular weight excluding hydrogens is 448 g/mol. The van der Waals surface area contributed by atoms with Crippen molar-refractivity contribution in [1.29, 1.82) is 0 Å². The topological polar surface area (TPSA) is 59.8 Å². The first-order valence-corrected chi connectivity index (χ1v) is 8.06. The molecule has 0 aliphatic carbocycles. The lowest BCUT2D eigenvalue weighted by Gasteiger charge is -2.14. The zero-order chi connectivity index (χ0) is 18.0. The normalized spacial score (nSPS) is 11.4. The maximum Gasteiger partial charge on any atom is 0.416 e. The van der Waals surface area contributed by atoms with Gasteiger partial charge in [0.25, 0.3) is 5.91 Å². The average molecular weight is 458 g/mol. The molecule has 128 valence electrons. The van der Waals surface area contributed by atoms with E-state index in [0.29, 0.717) is 9.13 Å². The number of benzene rings is 2. The number of hydrogen-bond acceptors (Lipinski definition) is 3. The molecule has 5 nitrogen and oxygen atoms in total. The molecule has 0 saturated carbocycles. The van der Waals surface area contributed by atoms with Crippen molar-refractivity contribution in [3.8, 4) is 5.69 Å². The highest BCUT2D eigenvalue weighted by atomic mass is 127. The minimum absolute atomic E-state index is 0.00928. The van der Waals surface area contributed by atoms with Crippen molar-refractivity contribution in [3.63, 3.8) is 0 Å². The lowest BCUT2D eigenvalue weighted by atomic mass is 10.1. The summed E-state index contributed by atoms with van der Waals surface area (Å²) in [4.78, 5) is 16.3. The molecule has 2 aromatic carbocycles. The molecule has 25 heavy (non-hydrogen) atoms. The predicted octanol–water partition coefficient (Wildman–Crippen LogP) is 4.14. The number of aromatic nitrogens is 3. The summed E-state index contributed by atoms with van der Waals surface area (Å²) >= 11 is 1.99. The van der Waals surface area contributed by atoms with Crippen LogP contribution in [0.25, 0.3) is 5.69 Å². The summed E-state index contributed by atoms with van der Waals surface area (Å²) in [6.07, 6.45) is -1.94. The maximum atomic E-state index is 13.0. The maximum absolute atomic E-state index is 13.0. The van der Waals surface area contributed by atoms with E-state index in [0.717, 1.165) is 12.1 Å². The Bertz CT molecular complexity index is 910.